The number of hydrogen-bond donors (Lipinski definition) is 2. The molecule has 2 rings (SSSR count). The SMILES string of the molecule is NCC(Nc1ccccc1Br)c1cc(Br)c(Br)o1. The van der Waals surface area contributed by atoms with Gasteiger partial charge in [-0.3, -0.25) is 0 Å². The highest BCUT2D eigenvalue weighted by atomic mass is 79.9. The van der Waals surface area contributed by atoms with Crippen LogP contribution < -0.4 is 11.1 Å². The maximum atomic E-state index is 5.79. The van der Waals surface area contributed by atoms with Crippen LogP contribution in [-0.2, 0) is 0 Å². The number of rotatable bonds is 4. The van der Waals surface area contributed by atoms with E-state index in [2.05, 4.69) is 53.1 Å². The van der Waals surface area contributed by atoms with Crippen LogP contribution in [0.2, 0.25) is 0 Å². The van der Waals surface area contributed by atoms with Gasteiger partial charge >= 0.3 is 0 Å². The Morgan fingerprint density at radius 3 is 2.44 bits per heavy atom. The van der Waals surface area contributed by atoms with E-state index in [0.717, 1.165) is 20.4 Å². The minimum absolute atomic E-state index is 0.0775. The Bertz CT molecular complexity index is 522. The Kier molecular flexibility index (Phi) is 4.89. The maximum Gasteiger partial charge on any atom is 0.183 e. The van der Waals surface area contributed by atoms with Crippen molar-refractivity contribution in [3.05, 3.63) is 49.7 Å². The first-order valence-corrected chi connectivity index (χ1v) is 7.65. The molecule has 0 radical (unpaired) electrons. The van der Waals surface area contributed by atoms with Gasteiger partial charge in [0.25, 0.3) is 0 Å². The Hall–Kier alpha value is -0.300. The van der Waals surface area contributed by atoms with Gasteiger partial charge < -0.3 is 15.5 Å². The van der Waals surface area contributed by atoms with Crippen LogP contribution in [0.1, 0.15) is 11.8 Å². The monoisotopic (exact) mass is 436 g/mol. The molecule has 0 saturated heterocycles. The molecule has 6 heteroatoms. The molecule has 1 aromatic heterocycles. The lowest BCUT2D eigenvalue weighted by molar-refractivity contribution is 0.462. The van der Waals surface area contributed by atoms with Crippen LogP contribution >= 0.6 is 47.8 Å². The second-order valence-electron chi connectivity index (χ2n) is 3.68. The third-order valence-corrected chi connectivity index (χ3v) is 4.85. The van der Waals surface area contributed by atoms with Gasteiger partial charge in [0, 0.05) is 16.7 Å². The molecule has 1 atom stereocenters. The highest BCUT2D eigenvalue weighted by molar-refractivity contribution is 9.13. The zero-order chi connectivity index (χ0) is 13.1. The lowest BCUT2D eigenvalue weighted by Crippen LogP contribution is -2.20. The van der Waals surface area contributed by atoms with Gasteiger partial charge in [0.15, 0.2) is 4.67 Å². The first-order chi connectivity index (χ1) is 8.61. The van der Waals surface area contributed by atoms with E-state index in [-0.39, 0.29) is 6.04 Å². The summed E-state index contributed by atoms with van der Waals surface area (Å²) in [5.74, 6) is 0.784. The Morgan fingerprint density at radius 2 is 1.89 bits per heavy atom. The van der Waals surface area contributed by atoms with Crippen LogP contribution in [0.25, 0.3) is 0 Å². The zero-order valence-corrected chi connectivity index (χ0v) is 14.0. The fourth-order valence-electron chi connectivity index (χ4n) is 1.55. The lowest BCUT2D eigenvalue weighted by Gasteiger charge is -2.16. The Labute approximate surface area is 131 Å². The van der Waals surface area contributed by atoms with Crippen LogP contribution in [0, 0.1) is 0 Å². The number of nitrogens with two attached hydrogens (primary N) is 1. The van der Waals surface area contributed by atoms with E-state index in [4.69, 9.17) is 10.2 Å². The molecule has 0 aliphatic rings. The average Bonchev–Trinajstić information content (AvgIpc) is 2.68. The molecule has 1 unspecified atom stereocenters. The number of benzene rings is 1. The summed E-state index contributed by atoms with van der Waals surface area (Å²) in [4.78, 5) is 0. The molecule has 96 valence electrons. The first kappa shape index (κ1) is 14.1. The third-order valence-electron chi connectivity index (χ3n) is 2.45. The van der Waals surface area contributed by atoms with Crippen molar-refractivity contribution in [1.82, 2.24) is 0 Å². The molecule has 0 amide bonds. The van der Waals surface area contributed by atoms with E-state index >= 15 is 0 Å². The van der Waals surface area contributed by atoms with Crippen LogP contribution in [0.15, 0.2) is 48.4 Å². The number of halogens is 3. The predicted molar refractivity (Wildman–Crippen MR) is 83.7 cm³/mol. The smallest absolute Gasteiger partial charge is 0.183 e. The van der Waals surface area contributed by atoms with Crippen molar-refractivity contribution in [3.63, 3.8) is 0 Å². The minimum Gasteiger partial charge on any atom is -0.451 e. The van der Waals surface area contributed by atoms with Gasteiger partial charge in [-0.2, -0.15) is 0 Å². The second kappa shape index (κ2) is 6.23. The Morgan fingerprint density at radius 1 is 1.17 bits per heavy atom. The third kappa shape index (κ3) is 3.17. The van der Waals surface area contributed by atoms with Gasteiger partial charge in [-0.05, 0) is 66.0 Å². The summed E-state index contributed by atoms with van der Waals surface area (Å²) in [5, 5.41) is 3.35. The summed E-state index contributed by atoms with van der Waals surface area (Å²) in [7, 11) is 0. The number of anilines is 1. The van der Waals surface area contributed by atoms with Gasteiger partial charge in [0.2, 0.25) is 0 Å². The standard InChI is InChI=1S/C12H11Br3N2O/c13-7-3-1-2-4-9(7)17-10(6-16)11-5-8(14)12(15)18-11/h1-5,10,17H,6,16H2. The molecule has 2 aromatic rings. The molecule has 0 aliphatic carbocycles. The zero-order valence-electron chi connectivity index (χ0n) is 9.29. The second-order valence-corrected chi connectivity index (χ2v) is 6.11. The van der Waals surface area contributed by atoms with Gasteiger partial charge in [-0.1, -0.05) is 12.1 Å². The molecule has 3 nitrogen and oxygen atoms in total. The van der Waals surface area contributed by atoms with E-state index in [1.54, 1.807) is 0 Å². The number of furan rings is 1. The summed E-state index contributed by atoms with van der Waals surface area (Å²) < 4.78 is 8.14. The molecule has 0 saturated carbocycles. The predicted octanol–water partition coefficient (Wildman–Crippen LogP) is 4.68. The molecule has 0 bridgehead atoms. The fraction of sp³-hybridized carbons (Fsp3) is 0.167. The summed E-state index contributed by atoms with van der Waals surface area (Å²) in [6, 6.07) is 9.72. The number of hydrogen-bond acceptors (Lipinski definition) is 3. The van der Waals surface area contributed by atoms with Gasteiger partial charge in [-0.15, -0.1) is 0 Å². The Balaban J connectivity index is 2.22. The normalized spacial score (nSPS) is 12.4. The molecule has 0 spiro atoms. The van der Waals surface area contributed by atoms with Crippen molar-refractivity contribution >= 4 is 53.5 Å². The molecule has 18 heavy (non-hydrogen) atoms. The van der Waals surface area contributed by atoms with E-state index in [0.29, 0.717) is 11.2 Å². The van der Waals surface area contributed by atoms with Crippen molar-refractivity contribution in [2.45, 2.75) is 6.04 Å². The maximum absolute atomic E-state index is 5.79. The number of para-hydroxylation sites is 1. The molecule has 0 fully saturated rings. The van der Waals surface area contributed by atoms with Crippen LogP contribution in [0.5, 0.6) is 0 Å². The van der Waals surface area contributed by atoms with Gasteiger partial charge in [0.05, 0.1) is 10.5 Å². The van der Waals surface area contributed by atoms with Crippen molar-refractivity contribution in [2.75, 3.05) is 11.9 Å². The average molecular weight is 439 g/mol. The van der Waals surface area contributed by atoms with Gasteiger partial charge in [-0.25, -0.2) is 0 Å². The largest absolute Gasteiger partial charge is 0.451 e. The van der Waals surface area contributed by atoms with E-state index in [1.807, 2.05) is 30.3 Å². The van der Waals surface area contributed by atoms with Crippen LogP contribution in [0.3, 0.4) is 0 Å². The minimum atomic E-state index is -0.0775. The van der Waals surface area contributed by atoms with Crippen molar-refractivity contribution in [3.8, 4) is 0 Å². The molecule has 1 heterocycles. The van der Waals surface area contributed by atoms with Crippen LogP contribution in [-0.4, -0.2) is 6.54 Å². The highest BCUT2D eigenvalue weighted by Crippen LogP contribution is 2.32. The lowest BCUT2D eigenvalue weighted by atomic mass is 10.2. The summed E-state index contributed by atoms with van der Waals surface area (Å²) >= 11 is 10.2. The summed E-state index contributed by atoms with van der Waals surface area (Å²) in [6.45, 7) is 0.438. The molecule has 3 N–H and O–H groups in total. The number of nitrogens with one attached hydrogen (secondary N) is 1. The molecule has 1 aromatic carbocycles. The molecular formula is C12H11Br3N2O. The van der Waals surface area contributed by atoms with E-state index in [1.165, 1.54) is 0 Å². The van der Waals surface area contributed by atoms with Crippen molar-refractivity contribution in [1.29, 1.82) is 0 Å². The van der Waals surface area contributed by atoms with Crippen molar-refractivity contribution in [2.24, 2.45) is 5.73 Å². The highest BCUT2D eigenvalue weighted by Gasteiger charge is 2.17. The van der Waals surface area contributed by atoms with Crippen LogP contribution in [0.4, 0.5) is 5.69 Å². The first-order valence-electron chi connectivity index (χ1n) is 5.27. The van der Waals surface area contributed by atoms with E-state index in [9.17, 15) is 0 Å². The fourth-order valence-corrected chi connectivity index (χ4v) is 2.55. The topological polar surface area (TPSA) is 51.2 Å². The summed E-state index contributed by atoms with van der Waals surface area (Å²) in [6.07, 6.45) is 0. The van der Waals surface area contributed by atoms with E-state index < -0.39 is 0 Å². The summed E-state index contributed by atoms with van der Waals surface area (Å²) in [5.41, 5.74) is 6.78. The van der Waals surface area contributed by atoms with Gasteiger partial charge in [0.1, 0.15) is 5.76 Å². The molecular weight excluding hydrogens is 428 g/mol. The quantitative estimate of drug-likeness (QED) is 0.728. The van der Waals surface area contributed by atoms with Crippen molar-refractivity contribution < 1.29 is 4.42 Å². The molecule has 0 aliphatic heterocycles.